The molecule has 1 saturated heterocycles. The summed E-state index contributed by atoms with van der Waals surface area (Å²) in [7, 11) is 0. The molecule has 1 aliphatic rings. The third-order valence-electron chi connectivity index (χ3n) is 4.51. The maximum atomic E-state index is 2.60. The van der Waals surface area contributed by atoms with E-state index in [0.29, 0.717) is 0 Å². The highest BCUT2D eigenvalue weighted by atomic mass is 15.3. The van der Waals surface area contributed by atoms with E-state index in [1.54, 1.807) is 0 Å². The van der Waals surface area contributed by atoms with Crippen LogP contribution in [0.15, 0.2) is 54.6 Å². The SMILES string of the molecule is Cc1cccc(CCN2CCN(Cc3ccccc3)CC2)c1. The van der Waals surface area contributed by atoms with Crippen LogP contribution < -0.4 is 0 Å². The molecule has 22 heavy (non-hydrogen) atoms. The van der Waals surface area contributed by atoms with Crippen molar-refractivity contribution in [3.05, 3.63) is 71.3 Å². The Labute approximate surface area is 134 Å². The first kappa shape index (κ1) is 15.3. The van der Waals surface area contributed by atoms with Gasteiger partial charge in [-0.1, -0.05) is 60.2 Å². The molecule has 2 heteroatoms. The van der Waals surface area contributed by atoms with E-state index in [1.807, 2.05) is 0 Å². The molecule has 0 aromatic heterocycles. The molecule has 116 valence electrons. The number of rotatable bonds is 5. The standard InChI is InChI=1S/C20H26N2/c1-18-6-5-9-19(16-18)10-11-21-12-14-22(15-13-21)17-20-7-3-2-4-8-20/h2-9,16H,10-15,17H2,1H3. The Kier molecular flexibility index (Phi) is 5.25. The Morgan fingerprint density at radius 3 is 2.18 bits per heavy atom. The summed E-state index contributed by atoms with van der Waals surface area (Å²) in [5.41, 5.74) is 4.26. The van der Waals surface area contributed by atoms with Gasteiger partial charge in [0.2, 0.25) is 0 Å². The average Bonchev–Trinajstić information content (AvgIpc) is 2.55. The molecular weight excluding hydrogens is 268 g/mol. The summed E-state index contributed by atoms with van der Waals surface area (Å²) in [5.74, 6) is 0. The Hall–Kier alpha value is -1.64. The Morgan fingerprint density at radius 2 is 1.45 bits per heavy atom. The lowest BCUT2D eigenvalue weighted by Crippen LogP contribution is -2.46. The van der Waals surface area contributed by atoms with E-state index in [4.69, 9.17) is 0 Å². The van der Waals surface area contributed by atoms with E-state index in [2.05, 4.69) is 71.3 Å². The lowest BCUT2D eigenvalue weighted by atomic mass is 10.1. The molecule has 0 amide bonds. The summed E-state index contributed by atoms with van der Waals surface area (Å²) >= 11 is 0. The first-order chi connectivity index (χ1) is 10.8. The van der Waals surface area contributed by atoms with Crippen molar-refractivity contribution in [1.29, 1.82) is 0 Å². The normalized spacial score (nSPS) is 16.8. The van der Waals surface area contributed by atoms with Crippen LogP contribution in [0.4, 0.5) is 0 Å². The number of hydrogen-bond acceptors (Lipinski definition) is 2. The lowest BCUT2D eigenvalue weighted by molar-refractivity contribution is 0.128. The van der Waals surface area contributed by atoms with Crippen LogP contribution in [0.2, 0.25) is 0 Å². The van der Waals surface area contributed by atoms with Gasteiger partial charge in [0, 0.05) is 39.3 Å². The van der Waals surface area contributed by atoms with E-state index in [-0.39, 0.29) is 0 Å². The largest absolute Gasteiger partial charge is 0.300 e. The maximum absolute atomic E-state index is 2.60. The fourth-order valence-corrected chi connectivity index (χ4v) is 3.17. The van der Waals surface area contributed by atoms with Crippen molar-refractivity contribution in [2.45, 2.75) is 19.9 Å². The summed E-state index contributed by atoms with van der Waals surface area (Å²) in [4.78, 5) is 5.17. The summed E-state index contributed by atoms with van der Waals surface area (Å²) in [5, 5.41) is 0. The third kappa shape index (κ3) is 4.43. The zero-order chi connectivity index (χ0) is 15.2. The van der Waals surface area contributed by atoms with Crippen LogP contribution in [0.25, 0.3) is 0 Å². The van der Waals surface area contributed by atoms with Gasteiger partial charge in [0.05, 0.1) is 0 Å². The minimum absolute atomic E-state index is 1.09. The number of piperazine rings is 1. The van der Waals surface area contributed by atoms with Crippen LogP contribution in [0.5, 0.6) is 0 Å². The molecule has 0 radical (unpaired) electrons. The van der Waals surface area contributed by atoms with Gasteiger partial charge in [-0.25, -0.2) is 0 Å². The monoisotopic (exact) mass is 294 g/mol. The van der Waals surface area contributed by atoms with E-state index in [9.17, 15) is 0 Å². The molecule has 0 atom stereocenters. The van der Waals surface area contributed by atoms with Crippen LogP contribution >= 0.6 is 0 Å². The predicted molar refractivity (Wildman–Crippen MR) is 93.0 cm³/mol. The Morgan fingerprint density at radius 1 is 0.773 bits per heavy atom. The fourth-order valence-electron chi connectivity index (χ4n) is 3.17. The summed E-state index contributed by atoms with van der Waals surface area (Å²) < 4.78 is 0. The highest BCUT2D eigenvalue weighted by molar-refractivity contribution is 5.22. The minimum Gasteiger partial charge on any atom is -0.300 e. The second-order valence-electron chi connectivity index (χ2n) is 6.34. The van der Waals surface area contributed by atoms with Gasteiger partial charge in [0.1, 0.15) is 0 Å². The van der Waals surface area contributed by atoms with Crippen molar-refractivity contribution < 1.29 is 0 Å². The van der Waals surface area contributed by atoms with Crippen LogP contribution in [0, 0.1) is 6.92 Å². The zero-order valence-electron chi connectivity index (χ0n) is 13.5. The van der Waals surface area contributed by atoms with E-state index >= 15 is 0 Å². The van der Waals surface area contributed by atoms with Crippen LogP contribution in [-0.2, 0) is 13.0 Å². The Bertz CT molecular complexity index is 571. The summed E-state index contributed by atoms with van der Waals surface area (Å²) in [6, 6.07) is 19.7. The number of nitrogens with zero attached hydrogens (tertiary/aromatic N) is 2. The van der Waals surface area contributed by atoms with Crippen molar-refractivity contribution in [3.8, 4) is 0 Å². The van der Waals surface area contributed by atoms with Crippen molar-refractivity contribution >= 4 is 0 Å². The van der Waals surface area contributed by atoms with Gasteiger partial charge in [-0.05, 0) is 24.5 Å². The lowest BCUT2D eigenvalue weighted by Gasteiger charge is -2.34. The molecule has 2 nitrogen and oxygen atoms in total. The summed E-state index contributed by atoms with van der Waals surface area (Å²) in [6.07, 6.45) is 1.17. The minimum atomic E-state index is 1.09. The molecule has 2 aromatic carbocycles. The average molecular weight is 294 g/mol. The molecule has 0 N–H and O–H groups in total. The van der Waals surface area contributed by atoms with Crippen LogP contribution in [0.1, 0.15) is 16.7 Å². The van der Waals surface area contributed by atoms with E-state index in [1.165, 1.54) is 55.8 Å². The molecule has 0 unspecified atom stereocenters. The highest BCUT2D eigenvalue weighted by Crippen LogP contribution is 2.10. The molecule has 1 fully saturated rings. The smallest absolute Gasteiger partial charge is 0.0234 e. The third-order valence-corrected chi connectivity index (χ3v) is 4.51. The molecule has 1 heterocycles. The molecule has 1 aliphatic heterocycles. The molecule has 2 aromatic rings. The molecule has 0 spiro atoms. The quantitative estimate of drug-likeness (QED) is 0.834. The zero-order valence-corrected chi connectivity index (χ0v) is 13.5. The van der Waals surface area contributed by atoms with Gasteiger partial charge in [0.15, 0.2) is 0 Å². The molecule has 0 saturated carbocycles. The maximum Gasteiger partial charge on any atom is 0.0234 e. The van der Waals surface area contributed by atoms with Crippen molar-refractivity contribution in [1.82, 2.24) is 9.80 Å². The molecule has 0 bridgehead atoms. The van der Waals surface area contributed by atoms with Gasteiger partial charge in [-0.2, -0.15) is 0 Å². The second kappa shape index (κ2) is 7.57. The summed E-state index contributed by atoms with van der Waals surface area (Å²) in [6.45, 7) is 9.20. The molecule has 3 rings (SSSR count). The first-order valence-corrected chi connectivity index (χ1v) is 8.34. The second-order valence-corrected chi connectivity index (χ2v) is 6.34. The molecule has 0 aliphatic carbocycles. The first-order valence-electron chi connectivity index (χ1n) is 8.34. The van der Waals surface area contributed by atoms with E-state index < -0.39 is 0 Å². The van der Waals surface area contributed by atoms with Gasteiger partial charge < -0.3 is 4.90 Å². The van der Waals surface area contributed by atoms with Crippen molar-refractivity contribution in [2.75, 3.05) is 32.7 Å². The molecular formula is C20H26N2. The van der Waals surface area contributed by atoms with Crippen molar-refractivity contribution in [2.24, 2.45) is 0 Å². The number of benzene rings is 2. The van der Waals surface area contributed by atoms with Gasteiger partial charge in [-0.3, -0.25) is 4.90 Å². The van der Waals surface area contributed by atoms with Crippen molar-refractivity contribution in [3.63, 3.8) is 0 Å². The number of aryl methyl sites for hydroxylation is 1. The topological polar surface area (TPSA) is 6.48 Å². The van der Waals surface area contributed by atoms with E-state index in [0.717, 1.165) is 6.54 Å². The highest BCUT2D eigenvalue weighted by Gasteiger charge is 2.16. The van der Waals surface area contributed by atoms with Crippen LogP contribution in [0.3, 0.4) is 0 Å². The van der Waals surface area contributed by atoms with Gasteiger partial charge in [-0.15, -0.1) is 0 Å². The Balaban J connectivity index is 1.42. The fraction of sp³-hybridized carbons (Fsp3) is 0.400. The predicted octanol–water partition coefficient (Wildman–Crippen LogP) is 3.36. The van der Waals surface area contributed by atoms with Gasteiger partial charge >= 0.3 is 0 Å². The number of hydrogen-bond donors (Lipinski definition) is 0. The van der Waals surface area contributed by atoms with Crippen LogP contribution in [-0.4, -0.2) is 42.5 Å². The van der Waals surface area contributed by atoms with Gasteiger partial charge in [0.25, 0.3) is 0 Å².